The van der Waals surface area contributed by atoms with Gasteiger partial charge in [-0.2, -0.15) is 0 Å². The lowest BCUT2D eigenvalue weighted by molar-refractivity contribution is 0.580. The summed E-state index contributed by atoms with van der Waals surface area (Å²) in [6.45, 7) is 3.69. The largest absolute Gasteiger partial charge is 0.398 e. The Labute approximate surface area is 123 Å². The number of anilines is 1. The number of halogens is 1. The van der Waals surface area contributed by atoms with Crippen molar-refractivity contribution in [2.45, 2.75) is 25.3 Å². The highest BCUT2D eigenvalue weighted by atomic mass is 32.2. The molecule has 6 heteroatoms. The first-order valence-corrected chi connectivity index (χ1v) is 7.89. The summed E-state index contributed by atoms with van der Waals surface area (Å²) in [6.07, 6.45) is 0. The van der Waals surface area contributed by atoms with E-state index < -0.39 is 15.8 Å². The molecule has 0 aliphatic heterocycles. The number of hydrogen-bond acceptors (Lipinski definition) is 3. The van der Waals surface area contributed by atoms with Crippen molar-refractivity contribution < 1.29 is 12.8 Å². The third-order valence-corrected chi connectivity index (χ3v) is 4.73. The summed E-state index contributed by atoms with van der Waals surface area (Å²) < 4.78 is 40.1. The second-order valence-corrected chi connectivity index (χ2v) is 6.66. The van der Waals surface area contributed by atoms with Crippen molar-refractivity contribution in [3.05, 3.63) is 58.9 Å². The molecule has 0 spiro atoms. The molecule has 0 amide bonds. The molecule has 2 aromatic carbocycles. The highest BCUT2D eigenvalue weighted by Crippen LogP contribution is 2.22. The fourth-order valence-corrected chi connectivity index (χ4v) is 3.16. The Morgan fingerprint density at radius 2 is 1.81 bits per heavy atom. The monoisotopic (exact) mass is 308 g/mol. The Hall–Kier alpha value is -1.92. The van der Waals surface area contributed by atoms with E-state index in [1.165, 1.54) is 18.2 Å². The van der Waals surface area contributed by atoms with Crippen LogP contribution in [0.5, 0.6) is 0 Å². The third-order valence-electron chi connectivity index (χ3n) is 3.27. The molecule has 21 heavy (non-hydrogen) atoms. The third kappa shape index (κ3) is 3.59. The summed E-state index contributed by atoms with van der Waals surface area (Å²) in [5.74, 6) is -0.405. The standard InChI is InChI=1S/C15H17FN2O2S/c1-10-6-14(17)15(7-11(10)2)21(19,20)18-9-12-4-3-5-13(16)8-12/h3-8,18H,9,17H2,1-2H3. The molecule has 112 valence electrons. The molecule has 0 aliphatic rings. The fraction of sp³-hybridized carbons (Fsp3) is 0.200. The molecule has 2 rings (SSSR count). The summed E-state index contributed by atoms with van der Waals surface area (Å²) in [5, 5.41) is 0. The average molecular weight is 308 g/mol. The minimum absolute atomic E-state index is 0.00641. The van der Waals surface area contributed by atoms with Crippen molar-refractivity contribution in [1.29, 1.82) is 0 Å². The number of hydrogen-bond donors (Lipinski definition) is 2. The minimum atomic E-state index is -3.74. The highest BCUT2D eigenvalue weighted by Gasteiger charge is 2.18. The van der Waals surface area contributed by atoms with Crippen LogP contribution >= 0.6 is 0 Å². The summed E-state index contributed by atoms with van der Waals surface area (Å²) in [4.78, 5) is 0.0435. The Bertz CT molecular complexity index is 773. The number of nitrogen functional groups attached to an aromatic ring is 1. The molecule has 0 saturated heterocycles. The second-order valence-electron chi connectivity index (χ2n) is 4.93. The predicted octanol–water partition coefficient (Wildman–Crippen LogP) is 2.50. The van der Waals surface area contributed by atoms with Crippen molar-refractivity contribution in [2.75, 3.05) is 5.73 Å². The van der Waals surface area contributed by atoms with E-state index in [9.17, 15) is 12.8 Å². The Kier molecular flexibility index (Phi) is 4.29. The Morgan fingerprint density at radius 3 is 2.48 bits per heavy atom. The lowest BCUT2D eigenvalue weighted by Gasteiger charge is -2.11. The zero-order valence-electron chi connectivity index (χ0n) is 11.9. The van der Waals surface area contributed by atoms with E-state index in [1.54, 1.807) is 18.2 Å². The first-order chi connectivity index (χ1) is 9.79. The van der Waals surface area contributed by atoms with Gasteiger partial charge in [-0.15, -0.1) is 0 Å². The van der Waals surface area contributed by atoms with E-state index in [4.69, 9.17) is 5.73 Å². The van der Waals surface area contributed by atoms with Gasteiger partial charge in [-0.3, -0.25) is 0 Å². The summed E-state index contributed by atoms with van der Waals surface area (Å²) >= 11 is 0. The first-order valence-electron chi connectivity index (χ1n) is 6.40. The maximum atomic E-state index is 13.1. The van der Waals surface area contributed by atoms with E-state index in [0.29, 0.717) is 5.56 Å². The van der Waals surface area contributed by atoms with Crippen molar-refractivity contribution >= 4 is 15.7 Å². The second kappa shape index (κ2) is 5.83. The average Bonchev–Trinajstić information content (AvgIpc) is 2.41. The van der Waals surface area contributed by atoms with Gasteiger partial charge in [0.25, 0.3) is 0 Å². The lowest BCUT2D eigenvalue weighted by Crippen LogP contribution is -2.24. The van der Waals surface area contributed by atoms with Gasteiger partial charge in [0.05, 0.1) is 5.69 Å². The van der Waals surface area contributed by atoms with Crippen molar-refractivity contribution in [2.24, 2.45) is 0 Å². The molecule has 0 saturated carbocycles. The molecular weight excluding hydrogens is 291 g/mol. The molecule has 3 N–H and O–H groups in total. The van der Waals surface area contributed by atoms with Gasteiger partial charge in [0, 0.05) is 6.54 Å². The van der Waals surface area contributed by atoms with E-state index in [-0.39, 0.29) is 17.1 Å². The number of nitrogens with two attached hydrogens (primary N) is 1. The molecule has 0 bridgehead atoms. The molecule has 2 aromatic rings. The van der Waals surface area contributed by atoms with Gasteiger partial charge < -0.3 is 5.73 Å². The molecule has 0 fully saturated rings. The number of aryl methyl sites for hydroxylation is 2. The smallest absolute Gasteiger partial charge is 0.242 e. The van der Waals surface area contributed by atoms with Crippen LogP contribution in [0, 0.1) is 19.7 Å². The topological polar surface area (TPSA) is 72.2 Å². The quantitative estimate of drug-likeness (QED) is 0.852. The predicted molar refractivity (Wildman–Crippen MR) is 80.8 cm³/mol. The van der Waals surface area contributed by atoms with Crippen LogP contribution in [0.4, 0.5) is 10.1 Å². The van der Waals surface area contributed by atoms with E-state index in [2.05, 4.69) is 4.72 Å². The van der Waals surface area contributed by atoms with Crippen LogP contribution in [0.25, 0.3) is 0 Å². The van der Waals surface area contributed by atoms with Crippen LogP contribution in [-0.4, -0.2) is 8.42 Å². The zero-order chi connectivity index (χ0) is 15.6. The minimum Gasteiger partial charge on any atom is -0.398 e. The zero-order valence-corrected chi connectivity index (χ0v) is 12.7. The van der Waals surface area contributed by atoms with Gasteiger partial charge in [-0.05, 0) is 54.8 Å². The first kappa shape index (κ1) is 15.5. The van der Waals surface area contributed by atoms with E-state index in [0.717, 1.165) is 11.1 Å². The van der Waals surface area contributed by atoms with E-state index in [1.807, 2.05) is 13.8 Å². The van der Waals surface area contributed by atoms with Crippen LogP contribution in [0.15, 0.2) is 41.3 Å². The molecule has 0 radical (unpaired) electrons. The Balaban J connectivity index is 2.25. The van der Waals surface area contributed by atoms with Crippen LogP contribution in [0.2, 0.25) is 0 Å². The molecule has 0 atom stereocenters. The van der Waals surface area contributed by atoms with Gasteiger partial charge in [-0.25, -0.2) is 17.5 Å². The summed E-state index contributed by atoms with van der Waals surface area (Å²) in [7, 11) is -3.74. The normalized spacial score (nSPS) is 11.6. The van der Waals surface area contributed by atoms with Gasteiger partial charge in [0.15, 0.2) is 0 Å². The molecular formula is C15H17FN2O2S. The molecule has 0 aromatic heterocycles. The number of rotatable bonds is 4. The molecule has 0 unspecified atom stereocenters. The van der Waals surface area contributed by atoms with Crippen LogP contribution < -0.4 is 10.5 Å². The van der Waals surface area contributed by atoms with Crippen LogP contribution in [0.3, 0.4) is 0 Å². The lowest BCUT2D eigenvalue weighted by atomic mass is 10.1. The molecule has 0 heterocycles. The maximum absolute atomic E-state index is 13.1. The molecule has 0 aliphatic carbocycles. The van der Waals surface area contributed by atoms with Crippen molar-refractivity contribution in [1.82, 2.24) is 4.72 Å². The van der Waals surface area contributed by atoms with Gasteiger partial charge in [-0.1, -0.05) is 12.1 Å². The van der Waals surface area contributed by atoms with E-state index >= 15 is 0 Å². The van der Waals surface area contributed by atoms with Crippen LogP contribution in [0.1, 0.15) is 16.7 Å². The van der Waals surface area contributed by atoms with Crippen molar-refractivity contribution in [3.8, 4) is 0 Å². The maximum Gasteiger partial charge on any atom is 0.242 e. The summed E-state index contributed by atoms with van der Waals surface area (Å²) in [6, 6.07) is 8.94. The van der Waals surface area contributed by atoms with Crippen molar-refractivity contribution in [3.63, 3.8) is 0 Å². The summed E-state index contributed by atoms with van der Waals surface area (Å²) in [5.41, 5.74) is 8.30. The fourth-order valence-electron chi connectivity index (χ4n) is 1.95. The van der Waals surface area contributed by atoms with Gasteiger partial charge in [0.1, 0.15) is 10.7 Å². The Morgan fingerprint density at radius 1 is 1.14 bits per heavy atom. The van der Waals surface area contributed by atoms with Gasteiger partial charge >= 0.3 is 0 Å². The highest BCUT2D eigenvalue weighted by molar-refractivity contribution is 7.89. The molecule has 4 nitrogen and oxygen atoms in total. The van der Waals surface area contributed by atoms with Gasteiger partial charge in [0.2, 0.25) is 10.0 Å². The number of sulfonamides is 1. The SMILES string of the molecule is Cc1cc(N)c(S(=O)(=O)NCc2cccc(F)c2)cc1C. The number of nitrogens with one attached hydrogen (secondary N) is 1. The number of benzene rings is 2. The van der Waals surface area contributed by atoms with Crippen LogP contribution in [-0.2, 0) is 16.6 Å².